The molecule has 0 N–H and O–H groups in total. The van der Waals surface area contributed by atoms with E-state index in [1.54, 1.807) is 0 Å². The second kappa shape index (κ2) is 12.8. The first-order chi connectivity index (χ1) is 6.25. The molecular formula is C8H14CrO2S4. The molecule has 88 valence electrons. The van der Waals surface area contributed by atoms with Crippen LogP contribution in [0.4, 0.5) is 0 Å². The maximum atomic E-state index is 4.80. The monoisotopic (exact) mass is 322 g/mol. The summed E-state index contributed by atoms with van der Waals surface area (Å²) in [5.74, 6) is 0. The van der Waals surface area contributed by atoms with E-state index in [-0.39, 0.29) is 38.3 Å². The summed E-state index contributed by atoms with van der Waals surface area (Å²) in [6.45, 7) is 7.55. The van der Waals surface area contributed by atoms with Crippen LogP contribution in [0.15, 0.2) is 0 Å². The molecule has 0 unspecified atom stereocenters. The second-order valence-electron chi connectivity index (χ2n) is 2.83. The normalized spacial score (nSPS) is 8.40. The number of thiocarbonyl (C=S) groups is 2. The van der Waals surface area contributed by atoms with E-state index >= 15 is 0 Å². The molecule has 0 fully saturated rings. The fourth-order valence-corrected chi connectivity index (χ4v) is 1.15. The summed E-state index contributed by atoms with van der Waals surface area (Å²) >= 11 is 17.9. The van der Waals surface area contributed by atoms with E-state index in [4.69, 9.17) is 9.47 Å². The van der Waals surface area contributed by atoms with Gasteiger partial charge in [0.1, 0.15) is 0 Å². The van der Waals surface area contributed by atoms with E-state index in [2.05, 4.69) is 49.7 Å². The summed E-state index contributed by atoms with van der Waals surface area (Å²) in [6.07, 6.45) is 0.259. The second-order valence-corrected chi connectivity index (χ2v) is 4.83. The predicted octanol–water partition coefficient (Wildman–Crippen LogP) is 2.48. The fraction of sp³-hybridized carbons (Fsp3) is 0.750. The third-order valence-corrected chi connectivity index (χ3v) is 1.05. The topological polar surface area (TPSA) is 18.5 Å². The zero-order valence-electron chi connectivity index (χ0n) is 9.01. The molecule has 0 aromatic rings. The SMILES string of the molecule is CC(C)OC(=S)[S-].CC(C)OC(=S)[S-].[Cr+2]. The van der Waals surface area contributed by atoms with Crippen LogP contribution in [0, 0.1) is 0 Å². The van der Waals surface area contributed by atoms with Gasteiger partial charge >= 0.3 is 17.4 Å². The van der Waals surface area contributed by atoms with Crippen molar-refractivity contribution in [1.29, 1.82) is 0 Å². The summed E-state index contributed by atoms with van der Waals surface area (Å²) in [5.41, 5.74) is 0. The molecule has 0 heterocycles. The maximum absolute atomic E-state index is 4.80. The Labute approximate surface area is 124 Å². The van der Waals surface area contributed by atoms with Gasteiger partial charge in [0, 0.05) is 8.77 Å². The van der Waals surface area contributed by atoms with E-state index < -0.39 is 0 Å². The van der Waals surface area contributed by atoms with E-state index in [1.807, 2.05) is 27.7 Å². The Morgan fingerprint density at radius 3 is 1.07 bits per heavy atom. The number of ether oxygens (including phenoxy) is 2. The van der Waals surface area contributed by atoms with Gasteiger partial charge in [0.25, 0.3) is 0 Å². The molecule has 0 aliphatic heterocycles. The van der Waals surface area contributed by atoms with Crippen molar-refractivity contribution in [1.82, 2.24) is 0 Å². The summed E-state index contributed by atoms with van der Waals surface area (Å²) in [4.78, 5) is 0. The standard InChI is InChI=1S/2C4H8OS2.Cr/c2*1-3(2)5-4(6)7;/h2*3H,1-2H3,(H,6,7);/q;;+2/p-2. The van der Waals surface area contributed by atoms with Gasteiger partial charge in [0.2, 0.25) is 0 Å². The molecular weight excluding hydrogens is 308 g/mol. The number of rotatable bonds is 2. The van der Waals surface area contributed by atoms with Crippen LogP contribution in [0.25, 0.3) is 0 Å². The van der Waals surface area contributed by atoms with Crippen LogP contribution in [0.1, 0.15) is 27.7 Å². The van der Waals surface area contributed by atoms with Crippen molar-refractivity contribution in [3.8, 4) is 0 Å². The van der Waals surface area contributed by atoms with Crippen molar-refractivity contribution >= 4 is 58.5 Å². The van der Waals surface area contributed by atoms with Gasteiger partial charge in [-0.2, -0.15) is 0 Å². The van der Waals surface area contributed by atoms with Crippen LogP contribution in [-0.4, -0.2) is 21.0 Å². The van der Waals surface area contributed by atoms with Gasteiger partial charge in [0.15, 0.2) is 0 Å². The minimum atomic E-state index is 0. The molecule has 2 nitrogen and oxygen atoms in total. The minimum Gasteiger partial charge on any atom is -0.511 e. The number of hydrogen-bond acceptors (Lipinski definition) is 6. The zero-order valence-corrected chi connectivity index (χ0v) is 13.6. The molecule has 0 saturated carbocycles. The van der Waals surface area contributed by atoms with Gasteiger partial charge in [-0.25, -0.2) is 0 Å². The van der Waals surface area contributed by atoms with Crippen molar-refractivity contribution in [3.05, 3.63) is 0 Å². The first kappa shape index (κ1) is 21.1. The molecule has 0 atom stereocenters. The van der Waals surface area contributed by atoms with Crippen molar-refractivity contribution < 1.29 is 26.8 Å². The first-order valence-corrected chi connectivity index (χ1v) is 5.64. The van der Waals surface area contributed by atoms with Gasteiger partial charge in [-0.3, -0.25) is 0 Å². The van der Waals surface area contributed by atoms with Crippen LogP contribution in [0.2, 0.25) is 0 Å². The Kier molecular flexibility index (Phi) is 18.0. The fourth-order valence-electron chi connectivity index (χ4n) is 0.385. The van der Waals surface area contributed by atoms with Crippen molar-refractivity contribution in [3.63, 3.8) is 0 Å². The Hall–Kier alpha value is 0.752. The van der Waals surface area contributed by atoms with E-state index in [0.717, 1.165) is 0 Å². The van der Waals surface area contributed by atoms with Crippen LogP contribution in [0.3, 0.4) is 0 Å². The van der Waals surface area contributed by atoms with Crippen LogP contribution >= 0.6 is 24.4 Å². The Bertz CT molecular complexity index is 165. The van der Waals surface area contributed by atoms with Crippen molar-refractivity contribution in [2.75, 3.05) is 0 Å². The smallest absolute Gasteiger partial charge is 0.511 e. The molecule has 15 heavy (non-hydrogen) atoms. The van der Waals surface area contributed by atoms with Gasteiger partial charge < -0.3 is 59.2 Å². The molecule has 0 amide bonds. The molecule has 0 spiro atoms. The van der Waals surface area contributed by atoms with Gasteiger partial charge in [-0.05, 0) is 27.7 Å². The summed E-state index contributed by atoms with van der Waals surface area (Å²) in [7, 11) is 0. The molecule has 0 radical (unpaired) electrons. The Balaban J connectivity index is -0.000000180. The molecule has 0 aromatic heterocycles. The third-order valence-electron chi connectivity index (χ3n) is 0.664. The quantitative estimate of drug-likeness (QED) is 0.570. The zero-order chi connectivity index (χ0) is 11.7. The molecule has 0 rings (SSSR count). The molecule has 0 aliphatic carbocycles. The van der Waals surface area contributed by atoms with Crippen molar-refractivity contribution in [2.24, 2.45) is 0 Å². The van der Waals surface area contributed by atoms with Crippen LogP contribution in [-0.2, 0) is 52.1 Å². The number of hydrogen-bond donors (Lipinski definition) is 0. The average Bonchev–Trinajstić information content (AvgIpc) is 1.79. The molecule has 0 bridgehead atoms. The minimum absolute atomic E-state index is 0. The third kappa shape index (κ3) is 31.3. The summed E-state index contributed by atoms with van der Waals surface area (Å²) in [5, 5.41) is 0. The molecule has 0 saturated heterocycles. The van der Waals surface area contributed by atoms with Gasteiger partial charge in [-0.15, -0.1) is 0 Å². The first-order valence-electron chi connectivity index (χ1n) is 4.01. The summed E-state index contributed by atoms with van der Waals surface area (Å²) in [6, 6.07) is 0. The van der Waals surface area contributed by atoms with Gasteiger partial charge in [0.05, 0.1) is 12.2 Å². The van der Waals surface area contributed by atoms with E-state index in [9.17, 15) is 0 Å². The summed E-state index contributed by atoms with van der Waals surface area (Å²) < 4.78 is 10.0. The molecule has 0 aliphatic rings. The van der Waals surface area contributed by atoms with E-state index in [1.165, 1.54) is 0 Å². The molecule has 7 heteroatoms. The average molecular weight is 322 g/mol. The van der Waals surface area contributed by atoms with Crippen molar-refractivity contribution in [2.45, 2.75) is 39.9 Å². The van der Waals surface area contributed by atoms with Crippen LogP contribution in [0.5, 0.6) is 0 Å². The predicted molar refractivity (Wildman–Crippen MR) is 72.4 cm³/mol. The maximum Gasteiger partial charge on any atom is 2.00 e. The van der Waals surface area contributed by atoms with Gasteiger partial charge in [-0.1, -0.05) is 0 Å². The Morgan fingerprint density at radius 1 is 0.867 bits per heavy atom. The largest absolute Gasteiger partial charge is 2.00 e. The van der Waals surface area contributed by atoms with E-state index in [0.29, 0.717) is 0 Å². The van der Waals surface area contributed by atoms with Crippen LogP contribution < -0.4 is 0 Å². The molecule has 0 aromatic carbocycles. The Morgan fingerprint density at radius 2 is 1.07 bits per heavy atom.